The first-order chi connectivity index (χ1) is 20.2. The second-order valence-corrected chi connectivity index (χ2v) is 11.5. The summed E-state index contributed by atoms with van der Waals surface area (Å²) in [6.07, 6.45) is 4.77. The Bertz CT molecular complexity index is 1250. The number of methoxy groups -OCH3 is 3. The van der Waals surface area contributed by atoms with Crippen molar-refractivity contribution >= 4 is 17.7 Å². The molecular formula is C31H45N5O6. The van der Waals surface area contributed by atoms with E-state index in [4.69, 9.17) is 19.3 Å². The predicted molar refractivity (Wildman–Crippen MR) is 158 cm³/mol. The van der Waals surface area contributed by atoms with E-state index in [-0.39, 0.29) is 30.2 Å². The van der Waals surface area contributed by atoms with Gasteiger partial charge in [0.2, 0.25) is 17.6 Å². The zero-order valence-electron chi connectivity index (χ0n) is 25.6. The summed E-state index contributed by atoms with van der Waals surface area (Å²) in [5.74, 6) is 1.65. The van der Waals surface area contributed by atoms with Crippen LogP contribution in [0, 0.1) is 5.92 Å². The molecule has 2 heterocycles. The highest BCUT2D eigenvalue weighted by Gasteiger charge is 2.30. The van der Waals surface area contributed by atoms with Gasteiger partial charge in [-0.15, -0.1) is 0 Å². The molecule has 2 N–H and O–H groups in total. The van der Waals surface area contributed by atoms with E-state index in [0.717, 1.165) is 42.6 Å². The van der Waals surface area contributed by atoms with Crippen LogP contribution in [0.4, 0.5) is 0 Å². The Morgan fingerprint density at radius 1 is 1.05 bits per heavy atom. The maximum absolute atomic E-state index is 13.5. The summed E-state index contributed by atoms with van der Waals surface area (Å²) >= 11 is 0. The van der Waals surface area contributed by atoms with Gasteiger partial charge in [-0.1, -0.05) is 13.8 Å². The van der Waals surface area contributed by atoms with Crippen molar-refractivity contribution in [2.45, 2.75) is 77.8 Å². The minimum atomic E-state index is -0.202. The van der Waals surface area contributed by atoms with Crippen molar-refractivity contribution < 1.29 is 28.6 Å². The molecule has 0 fully saturated rings. The molecule has 2 aromatic rings. The van der Waals surface area contributed by atoms with Crippen LogP contribution in [-0.4, -0.2) is 79.4 Å². The lowest BCUT2D eigenvalue weighted by atomic mass is 9.91. The van der Waals surface area contributed by atoms with Crippen LogP contribution in [0.2, 0.25) is 0 Å². The summed E-state index contributed by atoms with van der Waals surface area (Å²) in [4.78, 5) is 41.4. The van der Waals surface area contributed by atoms with Crippen LogP contribution < -0.4 is 24.8 Å². The number of nitrogens with one attached hydrogen (secondary N) is 2. The normalized spacial score (nSPS) is 18.0. The van der Waals surface area contributed by atoms with Gasteiger partial charge in [-0.25, -0.2) is 0 Å². The molecule has 0 spiro atoms. The number of aromatic nitrogens is 2. The molecule has 2 aliphatic rings. The van der Waals surface area contributed by atoms with Crippen LogP contribution in [0.25, 0.3) is 0 Å². The van der Waals surface area contributed by atoms with Gasteiger partial charge in [0.1, 0.15) is 0 Å². The molecule has 1 atom stereocenters. The van der Waals surface area contributed by atoms with Gasteiger partial charge in [0, 0.05) is 49.9 Å². The molecule has 11 heteroatoms. The Balaban J connectivity index is 1.49. The quantitative estimate of drug-likeness (QED) is 0.490. The Hall–Kier alpha value is -3.76. The van der Waals surface area contributed by atoms with Crippen LogP contribution >= 0.6 is 0 Å². The van der Waals surface area contributed by atoms with E-state index in [1.165, 1.54) is 21.3 Å². The van der Waals surface area contributed by atoms with Crippen LogP contribution in [0.15, 0.2) is 12.1 Å². The molecule has 2 bridgehead atoms. The van der Waals surface area contributed by atoms with E-state index in [0.29, 0.717) is 74.2 Å². The maximum atomic E-state index is 13.5. The predicted octanol–water partition coefficient (Wildman–Crippen LogP) is 2.91. The lowest BCUT2D eigenvalue weighted by Crippen LogP contribution is -2.40. The molecule has 1 aliphatic carbocycles. The third kappa shape index (κ3) is 7.54. The van der Waals surface area contributed by atoms with Gasteiger partial charge in [0.15, 0.2) is 17.2 Å². The number of rotatable bonds is 8. The number of amides is 3. The summed E-state index contributed by atoms with van der Waals surface area (Å²) in [6, 6.07) is 3.50. The lowest BCUT2D eigenvalue weighted by molar-refractivity contribution is -0.131. The molecule has 0 saturated carbocycles. The van der Waals surface area contributed by atoms with Crippen molar-refractivity contribution in [1.82, 2.24) is 25.3 Å². The van der Waals surface area contributed by atoms with Crippen molar-refractivity contribution in [3.63, 3.8) is 0 Å². The summed E-state index contributed by atoms with van der Waals surface area (Å²) in [5.41, 5.74) is 3.25. The van der Waals surface area contributed by atoms with Gasteiger partial charge < -0.3 is 29.7 Å². The highest BCUT2D eigenvalue weighted by atomic mass is 16.5. The number of hydrogen-bond donors (Lipinski definition) is 2. The van der Waals surface area contributed by atoms with Gasteiger partial charge in [-0.3, -0.25) is 19.1 Å². The standard InChI is InChI=1S/C31H45N5O6/c1-20(2)11-15-36-24-10-9-22-19-23(24)29(34-36)31(39)32-12-7-14-35(13-6-8-27(37)33-22)28(38)18-21-16-25(40-3)30(42-5)26(17-21)41-4/h16-17,20,22H,6-15,18-19H2,1-5H3,(H,32,39)(H,33,37). The van der Waals surface area contributed by atoms with Gasteiger partial charge in [-0.05, 0) is 62.1 Å². The van der Waals surface area contributed by atoms with Crippen molar-refractivity contribution in [1.29, 1.82) is 0 Å². The largest absolute Gasteiger partial charge is 0.493 e. The van der Waals surface area contributed by atoms with Gasteiger partial charge in [0.25, 0.3) is 5.91 Å². The summed E-state index contributed by atoms with van der Waals surface area (Å²) in [6.45, 7) is 6.45. The summed E-state index contributed by atoms with van der Waals surface area (Å²) in [5, 5.41) is 10.9. The first-order valence-corrected chi connectivity index (χ1v) is 15.0. The van der Waals surface area contributed by atoms with Crippen molar-refractivity contribution in [2.24, 2.45) is 5.92 Å². The number of hydrogen-bond acceptors (Lipinski definition) is 7. The Morgan fingerprint density at radius 3 is 2.43 bits per heavy atom. The van der Waals surface area contributed by atoms with Gasteiger partial charge in [-0.2, -0.15) is 5.10 Å². The Kier molecular flexibility index (Phi) is 10.7. The molecule has 3 amide bonds. The molecule has 1 unspecified atom stereocenters. The molecule has 230 valence electrons. The third-order valence-electron chi connectivity index (χ3n) is 8.00. The number of nitrogens with zero attached hydrogens (tertiary/aromatic N) is 3. The molecule has 4 rings (SSSR count). The fourth-order valence-electron chi connectivity index (χ4n) is 5.73. The SMILES string of the molecule is COc1cc(CC(=O)N2CCCNC(=O)c3nn(CCC(C)C)c4c3CC(CC4)NC(=O)CCC2)cc(OC)c1OC. The van der Waals surface area contributed by atoms with Gasteiger partial charge >= 0.3 is 0 Å². The van der Waals surface area contributed by atoms with Crippen LogP contribution in [-0.2, 0) is 35.4 Å². The number of benzene rings is 1. The highest BCUT2D eigenvalue weighted by molar-refractivity contribution is 5.94. The minimum Gasteiger partial charge on any atom is -0.493 e. The van der Waals surface area contributed by atoms with E-state index < -0.39 is 0 Å². The second-order valence-electron chi connectivity index (χ2n) is 11.5. The fraction of sp³-hybridized carbons (Fsp3) is 0.613. The highest BCUT2D eigenvalue weighted by Crippen LogP contribution is 2.38. The second kappa shape index (κ2) is 14.4. The van der Waals surface area contributed by atoms with Crippen LogP contribution in [0.1, 0.15) is 73.3 Å². The number of aryl methyl sites for hydroxylation is 1. The average molecular weight is 584 g/mol. The monoisotopic (exact) mass is 583 g/mol. The van der Waals surface area contributed by atoms with E-state index in [1.54, 1.807) is 17.0 Å². The molecule has 0 radical (unpaired) electrons. The van der Waals surface area contributed by atoms with E-state index >= 15 is 0 Å². The average Bonchev–Trinajstić information content (AvgIpc) is 3.33. The van der Waals surface area contributed by atoms with Gasteiger partial charge in [0.05, 0.1) is 27.8 Å². The molecule has 1 aromatic carbocycles. The molecule has 0 saturated heterocycles. The summed E-state index contributed by atoms with van der Waals surface area (Å²) in [7, 11) is 4.61. The number of ether oxygens (including phenoxy) is 3. The number of carbonyl (C=O) groups is 3. The Morgan fingerprint density at radius 2 is 1.76 bits per heavy atom. The topological polar surface area (TPSA) is 124 Å². The van der Waals surface area contributed by atoms with E-state index in [9.17, 15) is 14.4 Å². The first-order valence-electron chi connectivity index (χ1n) is 15.0. The zero-order chi connectivity index (χ0) is 30.2. The zero-order valence-corrected chi connectivity index (χ0v) is 25.6. The van der Waals surface area contributed by atoms with E-state index in [2.05, 4.69) is 24.5 Å². The smallest absolute Gasteiger partial charge is 0.272 e. The third-order valence-corrected chi connectivity index (χ3v) is 8.00. The van der Waals surface area contributed by atoms with Crippen LogP contribution in [0.5, 0.6) is 17.2 Å². The molecule has 1 aromatic heterocycles. The van der Waals surface area contributed by atoms with Crippen molar-refractivity contribution in [3.8, 4) is 17.2 Å². The van der Waals surface area contributed by atoms with Crippen LogP contribution in [0.3, 0.4) is 0 Å². The van der Waals surface area contributed by atoms with Crippen molar-refractivity contribution in [2.75, 3.05) is 41.0 Å². The minimum absolute atomic E-state index is 0.0338. The summed E-state index contributed by atoms with van der Waals surface area (Å²) < 4.78 is 18.3. The molecular weight excluding hydrogens is 538 g/mol. The van der Waals surface area contributed by atoms with Crippen molar-refractivity contribution in [3.05, 3.63) is 34.6 Å². The fourth-order valence-corrected chi connectivity index (χ4v) is 5.73. The lowest BCUT2D eigenvalue weighted by Gasteiger charge is -2.25. The first kappa shape index (κ1) is 31.2. The number of carbonyl (C=O) groups excluding carboxylic acids is 3. The molecule has 11 nitrogen and oxygen atoms in total. The number of fused-ring (bicyclic) bond motifs is 1. The maximum Gasteiger partial charge on any atom is 0.272 e. The molecule has 1 aliphatic heterocycles. The Labute approximate surface area is 248 Å². The van der Waals surface area contributed by atoms with E-state index in [1.807, 2.05) is 4.68 Å². The molecule has 42 heavy (non-hydrogen) atoms.